The zero-order valence-corrected chi connectivity index (χ0v) is 27.7. The van der Waals surface area contributed by atoms with Crippen LogP contribution in [-0.2, 0) is 43.2 Å². The van der Waals surface area contributed by atoms with Gasteiger partial charge < -0.3 is 68.9 Å². The molecular weight excluding hydrogens is 672 g/mol. The topological polar surface area (TPSA) is 379 Å². The van der Waals surface area contributed by atoms with Crippen molar-refractivity contribution < 1.29 is 68.7 Å². The Morgan fingerprint density at radius 1 is 0.560 bits per heavy atom. The Bertz CT molecular complexity index is 1220. The van der Waals surface area contributed by atoms with Gasteiger partial charge in [-0.25, -0.2) is 4.79 Å². The van der Waals surface area contributed by atoms with Gasteiger partial charge in [-0.05, 0) is 38.1 Å². The van der Waals surface area contributed by atoms with Crippen LogP contribution in [0.15, 0.2) is 0 Å². The first kappa shape index (κ1) is 45.1. The molecule has 0 aliphatic carbocycles. The molecule has 0 rings (SSSR count). The zero-order valence-electron chi connectivity index (χ0n) is 27.7. The number of aliphatic hydroxyl groups excluding tert-OH is 2. The molecule has 0 heterocycles. The van der Waals surface area contributed by atoms with Crippen LogP contribution in [0.4, 0.5) is 0 Å². The number of hydrogen-bond donors (Lipinski definition) is 13. The number of nitrogens with one attached hydrogen (secondary N) is 6. The van der Waals surface area contributed by atoms with E-state index in [0.29, 0.717) is 6.42 Å². The lowest BCUT2D eigenvalue weighted by Gasteiger charge is -2.28. The van der Waals surface area contributed by atoms with E-state index < -0.39 is 135 Å². The maximum Gasteiger partial charge on any atom is 0.326 e. The fraction of sp³-hybridized carbons (Fsp3) is 0.679. The van der Waals surface area contributed by atoms with Crippen LogP contribution in [0.1, 0.15) is 52.4 Å². The van der Waals surface area contributed by atoms with E-state index in [-0.39, 0.29) is 19.4 Å². The van der Waals surface area contributed by atoms with Gasteiger partial charge in [-0.15, -0.1) is 0 Å². The minimum atomic E-state index is -1.81. The summed E-state index contributed by atoms with van der Waals surface area (Å²) in [6, 6.07) is -9.58. The summed E-state index contributed by atoms with van der Waals surface area (Å²) >= 11 is 0. The molecule has 6 amide bonds. The van der Waals surface area contributed by atoms with Crippen molar-refractivity contribution in [1.29, 1.82) is 0 Å². The predicted octanol–water partition coefficient (Wildman–Crippen LogP) is -5.95. The van der Waals surface area contributed by atoms with Crippen molar-refractivity contribution in [2.24, 2.45) is 17.4 Å². The number of amides is 6. The number of nitrogens with two attached hydrogens (primary N) is 2. The van der Waals surface area contributed by atoms with E-state index in [1.165, 1.54) is 13.8 Å². The standard InChI is InChI=1S/C28H48N8O14/c1-13(2)22(27(48)34-16(28(49)50)9-21(42)43)36-24(45)14(5-3-4-8-29)32-26(47)18(12-38)35-23(44)15(6-7-20(40)41)33-25(46)17(11-37)31-19(39)10-30/h13-18,22,37-38H,3-12,29-30H2,1-2H3,(H,31,39)(H,32,47)(H,33,46)(H,34,48)(H,35,44)(H,36,45)(H,40,41)(H,42,43)(H,49,50)/t14-,15-,16-,17-,18-,22-/m0/s1. The van der Waals surface area contributed by atoms with Crippen molar-refractivity contribution >= 4 is 53.4 Å². The van der Waals surface area contributed by atoms with Gasteiger partial charge in [-0.3, -0.25) is 38.4 Å². The van der Waals surface area contributed by atoms with E-state index >= 15 is 0 Å². The molecule has 0 spiro atoms. The second-order valence-electron chi connectivity index (χ2n) is 11.3. The van der Waals surface area contributed by atoms with Gasteiger partial charge in [0, 0.05) is 6.42 Å². The van der Waals surface area contributed by atoms with Gasteiger partial charge >= 0.3 is 17.9 Å². The molecule has 0 saturated carbocycles. The number of unbranched alkanes of at least 4 members (excludes halogenated alkanes) is 1. The van der Waals surface area contributed by atoms with E-state index in [1.807, 2.05) is 0 Å². The summed E-state index contributed by atoms with van der Waals surface area (Å²) in [7, 11) is 0. The summed E-state index contributed by atoms with van der Waals surface area (Å²) in [5, 5.41) is 59.9. The maximum atomic E-state index is 13.3. The molecule has 6 atom stereocenters. The highest BCUT2D eigenvalue weighted by Gasteiger charge is 2.34. The van der Waals surface area contributed by atoms with Gasteiger partial charge in [0.1, 0.15) is 36.3 Å². The van der Waals surface area contributed by atoms with Gasteiger partial charge in [0.15, 0.2) is 0 Å². The van der Waals surface area contributed by atoms with Crippen LogP contribution >= 0.6 is 0 Å². The minimum Gasteiger partial charge on any atom is -0.481 e. The summed E-state index contributed by atoms with van der Waals surface area (Å²) in [5.74, 6) is -11.3. The van der Waals surface area contributed by atoms with Crippen LogP contribution in [0.5, 0.6) is 0 Å². The highest BCUT2D eigenvalue weighted by atomic mass is 16.4. The monoisotopic (exact) mass is 720 g/mol. The average Bonchev–Trinajstić information content (AvgIpc) is 3.04. The average molecular weight is 721 g/mol. The molecule has 22 nitrogen and oxygen atoms in total. The Morgan fingerprint density at radius 3 is 1.46 bits per heavy atom. The first-order chi connectivity index (χ1) is 23.4. The summed E-state index contributed by atoms with van der Waals surface area (Å²) < 4.78 is 0. The number of hydrogen-bond acceptors (Lipinski definition) is 13. The van der Waals surface area contributed by atoms with Gasteiger partial charge in [0.25, 0.3) is 0 Å². The lowest BCUT2D eigenvalue weighted by atomic mass is 10.0. The smallest absolute Gasteiger partial charge is 0.326 e. The first-order valence-electron chi connectivity index (χ1n) is 15.5. The molecule has 0 aromatic carbocycles. The molecule has 0 radical (unpaired) electrons. The van der Waals surface area contributed by atoms with Gasteiger partial charge in [0.05, 0.1) is 26.2 Å². The number of aliphatic carboxylic acids is 3. The summed E-state index contributed by atoms with van der Waals surface area (Å²) in [6.45, 7) is 0.732. The molecule has 0 saturated heterocycles. The van der Waals surface area contributed by atoms with E-state index in [1.54, 1.807) is 0 Å². The fourth-order valence-electron chi connectivity index (χ4n) is 4.18. The predicted molar refractivity (Wildman–Crippen MR) is 169 cm³/mol. The molecule has 0 aromatic rings. The van der Waals surface area contributed by atoms with Gasteiger partial charge in [-0.2, -0.15) is 0 Å². The van der Waals surface area contributed by atoms with Crippen molar-refractivity contribution in [3.8, 4) is 0 Å². The van der Waals surface area contributed by atoms with Crippen molar-refractivity contribution in [2.45, 2.75) is 88.6 Å². The second-order valence-corrected chi connectivity index (χ2v) is 11.3. The molecule has 0 aromatic heterocycles. The van der Waals surface area contributed by atoms with Crippen molar-refractivity contribution in [2.75, 3.05) is 26.3 Å². The fourth-order valence-corrected chi connectivity index (χ4v) is 4.18. The van der Waals surface area contributed by atoms with Crippen LogP contribution in [0.3, 0.4) is 0 Å². The summed E-state index contributed by atoms with van der Waals surface area (Å²) in [5.41, 5.74) is 10.7. The molecule has 0 aliphatic heterocycles. The lowest BCUT2D eigenvalue weighted by molar-refractivity contribution is -0.147. The normalized spacial score (nSPS) is 14.5. The number of aliphatic hydroxyl groups is 2. The third-order valence-electron chi connectivity index (χ3n) is 6.94. The van der Waals surface area contributed by atoms with Crippen molar-refractivity contribution in [3.63, 3.8) is 0 Å². The van der Waals surface area contributed by atoms with Crippen molar-refractivity contribution in [1.82, 2.24) is 31.9 Å². The molecule has 22 heteroatoms. The Kier molecular flexibility index (Phi) is 21.1. The Morgan fingerprint density at radius 2 is 1.02 bits per heavy atom. The quantitative estimate of drug-likeness (QED) is 0.0390. The van der Waals surface area contributed by atoms with Gasteiger partial charge in [0.2, 0.25) is 35.4 Å². The van der Waals surface area contributed by atoms with E-state index in [0.717, 1.165) is 0 Å². The Labute approximate surface area is 286 Å². The Balaban J connectivity index is 6.01. The highest BCUT2D eigenvalue weighted by molar-refractivity contribution is 5.97. The lowest BCUT2D eigenvalue weighted by Crippen LogP contribution is -2.61. The van der Waals surface area contributed by atoms with E-state index in [9.17, 15) is 58.5 Å². The zero-order chi connectivity index (χ0) is 38.6. The second kappa shape index (κ2) is 23.4. The number of carboxylic acids is 3. The largest absolute Gasteiger partial charge is 0.481 e. The molecular formula is C28H48N8O14. The van der Waals surface area contributed by atoms with Crippen LogP contribution in [-0.4, -0.2) is 141 Å². The van der Waals surface area contributed by atoms with Gasteiger partial charge in [-0.1, -0.05) is 13.8 Å². The number of rotatable bonds is 25. The summed E-state index contributed by atoms with van der Waals surface area (Å²) in [4.78, 5) is 110. The molecule has 0 aliphatic rings. The molecule has 284 valence electrons. The van der Waals surface area contributed by atoms with Crippen molar-refractivity contribution in [3.05, 3.63) is 0 Å². The molecule has 0 fully saturated rings. The van der Waals surface area contributed by atoms with Crippen LogP contribution in [0.25, 0.3) is 0 Å². The van der Waals surface area contributed by atoms with E-state index in [4.69, 9.17) is 21.7 Å². The molecule has 50 heavy (non-hydrogen) atoms. The Hall–Kier alpha value is -4.93. The minimum absolute atomic E-state index is 0.0571. The third-order valence-corrected chi connectivity index (χ3v) is 6.94. The molecule has 15 N–H and O–H groups in total. The third kappa shape index (κ3) is 16.9. The number of carbonyl (C=O) groups excluding carboxylic acids is 6. The van der Waals surface area contributed by atoms with Crippen LogP contribution in [0.2, 0.25) is 0 Å². The summed E-state index contributed by atoms with van der Waals surface area (Å²) in [6.07, 6.45) is -1.50. The first-order valence-corrected chi connectivity index (χ1v) is 15.5. The number of carbonyl (C=O) groups is 9. The SMILES string of the molecule is CC(C)[C@H](NC(=O)[C@H](CCCCN)NC(=O)[C@H](CO)NC(=O)[C@H](CCC(=O)O)NC(=O)[C@H](CO)NC(=O)CN)C(=O)N[C@@H](CC(=O)O)C(=O)O. The molecule has 0 unspecified atom stereocenters. The molecule has 0 bridgehead atoms. The van der Waals surface area contributed by atoms with E-state index in [2.05, 4.69) is 31.9 Å². The van der Waals surface area contributed by atoms with Crippen LogP contribution < -0.4 is 43.4 Å². The maximum absolute atomic E-state index is 13.3. The number of carboxylic acid groups (broad SMARTS) is 3. The van der Waals surface area contributed by atoms with Crippen LogP contribution in [0, 0.1) is 5.92 Å². The highest BCUT2D eigenvalue weighted by Crippen LogP contribution is 2.08.